The Bertz CT molecular complexity index is 978. The van der Waals surface area contributed by atoms with Crippen LogP contribution < -0.4 is 15.8 Å². The number of para-hydroxylation sites is 1. The average Bonchev–Trinajstić information content (AvgIpc) is 2.94. The quantitative estimate of drug-likeness (QED) is 0.152. The van der Waals surface area contributed by atoms with Gasteiger partial charge in [0.15, 0.2) is 11.9 Å². The van der Waals surface area contributed by atoms with Gasteiger partial charge < -0.3 is 4.84 Å². The van der Waals surface area contributed by atoms with E-state index >= 15 is 0 Å². The van der Waals surface area contributed by atoms with Crippen molar-refractivity contribution in [3.05, 3.63) is 30.3 Å². The predicted octanol–water partition coefficient (Wildman–Crippen LogP) is 0.385. The molecule has 5 amide bonds. The van der Waals surface area contributed by atoms with E-state index in [2.05, 4.69) is 5.48 Å². The summed E-state index contributed by atoms with van der Waals surface area (Å²) < 4.78 is 0. The molecular weight excluding hydrogens is 530 g/mol. The first-order chi connectivity index (χ1) is 18.9. The largest absolute Gasteiger partial charge is 0.379 e. The molecule has 0 heterocycles. The Hall–Kier alpha value is -3.79. The summed E-state index contributed by atoms with van der Waals surface area (Å²) in [6.45, 7) is 5.31. The third kappa shape index (κ3) is 11.1. The third-order valence-corrected chi connectivity index (χ3v) is 5.23. The Morgan fingerprint density at radius 3 is 2.05 bits per heavy atom. The summed E-state index contributed by atoms with van der Waals surface area (Å²) in [7, 11) is 4.96. The lowest BCUT2D eigenvalue weighted by atomic mass is 10.1. The molecule has 0 radical (unpaired) electrons. The molecule has 2 atom stereocenters. The van der Waals surface area contributed by atoms with E-state index in [-0.39, 0.29) is 13.0 Å². The first-order valence-corrected chi connectivity index (χ1v) is 12.5. The SMILES string of the molecule is CCCON(C)C(=O)CCONC(=O)C(C(=O)N(C)OC)C(=O)N(C)OC(C(=O)NOc1ccccc1)C(C)C. The van der Waals surface area contributed by atoms with Crippen LogP contribution >= 0.6 is 0 Å². The number of hydrogen-bond acceptors (Lipinski definition) is 10. The fourth-order valence-corrected chi connectivity index (χ4v) is 2.91. The second kappa shape index (κ2) is 17.7. The monoisotopic (exact) mass is 569 g/mol. The maximum atomic E-state index is 13.2. The Balaban J connectivity index is 2.85. The zero-order valence-electron chi connectivity index (χ0n) is 23.9. The maximum absolute atomic E-state index is 13.2. The first-order valence-electron chi connectivity index (χ1n) is 12.5. The summed E-state index contributed by atoms with van der Waals surface area (Å²) in [4.78, 5) is 89.3. The number of benzene rings is 1. The van der Waals surface area contributed by atoms with Crippen LogP contribution in [0, 0.1) is 11.8 Å². The highest BCUT2D eigenvalue weighted by atomic mass is 16.7. The van der Waals surface area contributed by atoms with Gasteiger partial charge in [0.2, 0.25) is 11.8 Å². The standard InChI is InChI=1S/C25H39N5O10/c1-8-15-38-28(4)19(31)14-16-37-26-22(32)20(24(34)29(5)36-7)25(35)30(6)40-21(17(2)3)23(33)27-39-18-12-10-9-11-13-18/h9-13,17,20-21H,8,14-16H2,1-7H3,(H,26,32)(H,27,33). The molecular formula is C25H39N5O10. The topological polar surface area (TPSA) is 165 Å². The van der Waals surface area contributed by atoms with Gasteiger partial charge in [-0.3, -0.25) is 43.3 Å². The van der Waals surface area contributed by atoms with E-state index in [9.17, 15) is 24.0 Å². The minimum absolute atomic E-state index is 0.149. The van der Waals surface area contributed by atoms with Crippen molar-refractivity contribution in [2.45, 2.75) is 39.7 Å². The van der Waals surface area contributed by atoms with E-state index in [1.54, 1.807) is 44.2 Å². The van der Waals surface area contributed by atoms with E-state index in [0.717, 1.165) is 12.1 Å². The second-order valence-corrected chi connectivity index (χ2v) is 8.73. The Morgan fingerprint density at radius 2 is 1.48 bits per heavy atom. The van der Waals surface area contributed by atoms with E-state index < -0.39 is 47.5 Å². The highest BCUT2D eigenvalue weighted by Crippen LogP contribution is 2.14. The minimum Gasteiger partial charge on any atom is -0.379 e. The van der Waals surface area contributed by atoms with Crippen molar-refractivity contribution in [1.29, 1.82) is 0 Å². The molecule has 15 nitrogen and oxygen atoms in total. The Morgan fingerprint density at radius 1 is 0.850 bits per heavy atom. The number of hydrogen-bond donors (Lipinski definition) is 2. The van der Waals surface area contributed by atoms with Crippen molar-refractivity contribution >= 4 is 29.5 Å². The van der Waals surface area contributed by atoms with Crippen LogP contribution in [-0.4, -0.2) is 92.3 Å². The number of rotatable bonds is 17. The Kier molecular flexibility index (Phi) is 15.2. The van der Waals surface area contributed by atoms with Crippen molar-refractivity contribution < 1.29 is 48.2 Å². The van der Waals surface area contributed by atoms with Gasteiger partial charge in [-0.1, -0.05) is 39.0 Å². The van der Waals surface area contributed by atoms with Crippen molar-refractivity contribution in [2.75, 3.05) is 41.5 Å². The number of nitrogens with one attached hydrogen (secondary N) is 2. The molecule has 224 valence electrons. The van der Waals surface area contributed by atoms with E-state index in [1.165, 1.54) is 21.2 Å². The maximum Gasteiger partial charge on any atom is 0.284 e. The zero-order chi connectivity index (χ0) is 30.2. The van der Waals surface area contributed by atoms with E-state index in [4.69, 9.17) is 24.2 Å². The molecule has 1 rings (SSSR count). The molecule has 2 N–H and O–H groups in total. The highest BCUT2D eigenvalue weighted by Gasteiger charge is 2.41. The summed E-state index contributed by atoms with van der Waals surface area (Å²) in [5.74, 6) is -6.48. The predicted molar refractivity (Wildman–Crippen MR) is 139 cm³/mol. The lowest BCUT2D eigenvalue weighted by Gasteiger charge is -2.28. The van der Waals surface area contributed by atoms with Gasteiger partial charge in [0, 0.05) is 21.1 Å². The van der Waals surface area contributed by atoms with Gasteiger partial charge in [0.05, 0.1) is 26.7 Å². The summed E-state index contributed by atoms with van der Waals surface area (Å²) in [6, 6.07) is 8.45. The molecule has 1 aromatic rings. The number of nitrogens with zero attached hydrogens (tertiary/aromatic N) is 3. The lowest BCUT2D eigenvalue weighted by Crippen LogP contribution is -2.52. The zero-order valence-corrected chi connectivity index (χ0v) is 23.9. The molecule has 1 aromatic carbocycles. The van der Waals surface area contributed by atoms with E-state index in [1.807, 2.05) is 12.4 Å². The fourth-order valence-electron chi connectivity index (χ4n) is 2.91. The van der Waals surface area contributed by atoms with Gasteiger partial charge in [-0.15, -0.1) is 0 Å². The van der Waals surface area contributed by atoms with Crippen LogP contribution in [0.2, 0.25) is 0 Å². The van der Waals surface area contributed by atoms with Gasteiger partial charge in [-0.2, -0.15) is 5.48 Å². The normalized spacial score (nSPS) is 12.2. The van der Waals surface area contributed by atoms with Crippen LogP contribution in [0.5, 0.6) is 5.75 Å². The summed E-state index contributed by atoms with van der Waals surface area (Å²) >= 11 is 0. The Labute approximate surface area is 233 Å². The lowest BCUT2D eigenvalue weighted by molar-refractivity contribution is -0.213. The van der Waals surface area contributed by atoms with Crippen LogP contribution in [-0.2, 0) is 43.3 Å². The molecule has 0 saturated heterocycles. The minimum atomic E-state index is -2.00. The molecule has 40 heavy (non-hydrogen) atoms. The number of hydroxylamine groups is 8. The number of carbonyl (C=O) groups excluding carboxylic acids is 5. The van der Waals surface area contributed by atoms with Crippen LogP contribution in [0.25, 0.3) is 0 Å². The fraction of sp³-hybridized carbons (Fsp3) is 0.560. The molecule has 0 bridgehead atoms. The van der Waals surface area contributed by atoms with E-state index in [0.29, 0.717) is 28.9 Å². The summed E-state index contributed by atoms with van der Waals surface area (Å²) in [5.41, 5.74) is 4.25. The number of amides is 5. The summed E-state index contributed by atoms with van der Waals surface area (Å²) in [6.07, 6.45) is -0.665. The molecule has 0 aromatic heterocycles. The molecule has 0 saturated carbocycles. The molecule has 2 unspecified atom stereocenters. The average molecular weight is 570 g/mol. The van der Waals surface area contributed by atoms with Crippen molar-refractivity contribution in [2.24, 2.45) is 11.8 Å². The van der Waals surface area contributed by atoms with Crippen LogP contribution in [0.4, 0.5) is 0 Å². The first kappa shape index (κ1) is 34.2. The van der Waals surface area contributed by atoms with Gasteiger partial charge in [-0.25, -0.2) is 20.7 Å². The molecule has 0 fully saturated rings. The van der Waals surface area contributed by atoms with Gasteiger partial charge >= 0.3 is 0 Å². The van der Waals surface area contributed by atoms with Crippen molar-refractivity contribution in [3.8, 4) is 5.75 Å². The van der Waals surface area contributed by atoms with Crippen molar-refractivity contribution in [3.63, 3.8) is 0 Å². The molecule has 0 aliphatic rings. The van der Waals surface area contributed by atoms with Gasteiger partial charge in [0.25, 0.3) is 23.6 Å². The molecule has 0 aliphatic heterocycles. The molecule has 0 spiro atoms. The molecule has 15 heteroatoms. The summed E-state index contributed by atoms with van der Waals surface area (Å²) in [5, 5.41) is 2.35. The van der Waals surface area contributed by atoms with Crippen LogP contribution in [0.15, 0.2) is 30.3 Å². The second-order valence-electron chi connectivity index (χ2n) is 8.73. The molecule has 0 aliphatic carbocycles. The van der Waals surface area contributed by atoms with Gasteiger partial charge in [0.1, 0.15) is 0 Å². The van der Waals surface area contributed by atoms with Crippen molar-refractivity contribution in [1.82, 2.24) is 26.1 Å². The van der Waals surface area contributed by atoms with Gasteiger partial charge in [-0.05, 0) is 24.5 Å². The smallest absolute Gasteiger partial charge is 0.284 e. The third-order valence-electron chi connectivity index (χ3n) is 5.23. The number of carbonyl (C=O) groups is 5. The van der Waals surface area contributed by atoms with Crippen LogP contribution in [0.1, 0.15) is 33.6 Å². The van der Waals surface area contributed by atoms with Crippen LogP contribution in [0.3, 0.4) is 0 Å². The highest BCUT2D eigenvalue weighted by molar-refractivity contribution is 6.16.